The van der Waals surface area contributed by atoms with E-state index >= 15 is 0 Å². The van der Waals surface area contributed by atoms with Gasteiger partial charge in [0.05, 0.1) is 13.7 Å². The molecular weight excluding hydrogens is 270 g/mol. The Morgan fingerprint density at radius 3 is 2.90 bits per heavy atom. The number of fused-ring (bicyclic) bond motifs is 1. The van der Waals surface area contributed by atoms with E-state index in [0.29, 0.717) is 6.42 Å². The SMILES string of the molecule is C=CC[C@@H]1C(=O)N2C(CCCC)OC[C@]2(C(=O)OC)[C@H]1C. The molecule has 2 saturated heterocycles. The molecule has 2 rings (SSSR count). The molecule has 5 nitrogen and oxygen atoms in total. The van der Waals surface area contributed by atoms with Gasteiger partial charge in [0.2, 0.25) is 5.91 Å². The van der Waals surface area contributed by atoms with Crippen LogP contribution in [0.15, 0.2) is 12.7 Å². The second-order valence-electron chi connectivity index (χ2n) is 5.95. The van der Waals surface area contributed by atoms with Gasteiger partial charge in [-0.15, -0.1) is 6.58 Å². The van der Waals surface area contributed by atoms with Crippen LogP contribution in [0.1, 0.15) is 39.5 Å². The van der Waals surface area contributed by atoms with E-state index in [1.807, 2.05) is 6.92 Å². The van der Waals surface area contributed by atoms with Gasteiger partial charge in [-0.25, -0.2) is 4.79 Å². The van der Waals surface area contributed by atoms with Gasteiger partial charge in [0, 0.05) is 11.8 Å². The van der Waals surface area contributed by atoms with Crippen LogP contribution in [-0.2, 0) is 19.1 Å². The highest BCUT2D eigenvalue weighted by Crippen LogP contribution is 2.48. The van der Waals surface area contributed by atoms with E-state index in [1.165, 1.54) is 7.11 Å². The van der Waals surface area contributed by atoms with Crippen LogP contribution in [0.5, 0.6) is 0 Å². The first-order valence-corrected chi connectivity index (χ1v) is 7.68. The molecule has 0 spiro atoms. The minimum absolute atomic E-state index is 0.00796. The number of allylic oxidation sites excluding steroid dienone is 1. The van der Waals surface area contributed by atoms with Crippen molar-refractivity contribution in [2.75, 3.05) is 13.7 Å². The van der Waals surface area contributed by atoms with Gasteiger partial charge in [0.25, 0.3) is 0 Å². The number of methoxy groups -OCH3 is 1. The van der Waals surface area contributed by atoms with E-state index in [4.69, 9.17) is 9.47 Å². The van der Waals surface area contributed by atoms with Gasteiger partial charge in [-0.2, -0.15) is 0 Å². The van der Waals surface area contributed by atoms with Gasteiger partial charge >= 0.3 is 5.97 Å². The Morgan fingerprint density at radius 1 is 1.62 bits per heavy atom. The lowest BCUT2D eigenvalue weighted by Crippen LogP contribution is -2.55. The molecule has 0 aromatic rings. The molecular formula is C16H25NO4. The highest BCUT2D eigenvalue weighted by atomic mass is 16.6. The molecule has 1 unspecified atom stereocenters. The maximum absolute atomic E-state index is 12.8. The molecule has 2 aliphatic rings. The van der Waals surface area contributed by atoms with Crippen LogP contribution < -0.4 is 0 Å². The molecule has 1 amide bonds. The molecule has 4 atom stereocenters. The number of hydrogen-bond acceptors (Lipinski definition) is 4. The Bertz CT molecular complexity index is 436. The highest BCUT2D eigenvalue weighted by Gasteiger charge is 2.66. The van der Waals surface area contributed by atoms with Crippen LogP contribution in [-0.4, -0.2) is 42.3 Å². The fourth-order valence-corrected chi connectivity index (χ4v) is 3.63. The monoisotopic (exact) mass is 295 g/mol. The highest BCUT2D eigenvalue weighted by molar-refractivity contribution is 5.94. The van der Waals surface area contributed by atoms with Gasteiger partial charge in [-0.1, -0.05) is 26.3 Å². The number of esters is 1. The number of rotatable bonds is 6. The fraction of sp³-hybridized carbons (Fsp3) is 0.750. The molecule has 2 fully saturated rings. The van der Waals surface area contributed by atoms with Crippen LogP contribution in [0.3, 0.4) is 0 Å². The van der Waals surface area contributed by atoms with Gasteiger partial charge in [0.1, 0.15) is 6.23 Å². The zero-order chi connectivity index (χ0) is 15.6. The van der Waals surface area contributed by atoms with E-state index in [9.17, 15) is 9.59 Å². The summed E-state index contributed by atoms with van der Waals surface area (Å²) in [6, 6.07) is 0. The van der Waals surface area contributed by atoms with Gasteiger partial charge in [-0.05, 0) is 19.3 Å². The normalized spacial score (nSPS) is 34.9. The van der Waals surface area contributed by atoms with Crippen molar-refractivity contribution in [3.05, 3.63) is 12.7 Å². The summed E-state index contributed by atoms with van der Waals surface area (Å²) in [6.45, 7) is 7.99. The van der Waals surface area contributed by atoms with Crippen molar-refractivity contribution in [1.29, 1.82) is 0 Å². The van der Waals surface area contributed by atoms with E-state index in [-0.39, 0.29) is 36.5 Å². The van der Waals surface area contributed by atoms with E-state index in [1.54, 1.807) is 11.0 Å². The number of amides is 1. The summed E-state index contributed by atoms with van der Waals surface area (Å²) in [4.78, 5) is 26.9. The molecule has 2 heterocycles. The minimum atomic E-state index is -0.960. The van der Waals surface area contributed by atoms with Crippen molar-refractivity contribution >= 4 is 11.9 Å². The number of carbonyl (C=O) groups excluding carboxylic acids is 2. The summed E-state index contributed by atoms with van der Waals surface area (Å²) in [5.74, 6) is -0.725. The second kappa shape index (κ2) is 6.18. The van der Waals surface area contributed by atoms with E-state index in [2.05, 4.69) is 13.5 Å². The predicted molar refractivity (Wildman–Crippen MR) is 78.3 cm³/mol. The Kier molecular flexibility index (Phi) is 4.71. The van der Waals surface area contributed by atoms with Crippen molar-refractivity contribution in [2.45, 2.75) is 51.3 Å². The third-order valence-corrected chi connectivity index (χ3v) is 4.89. The van der Waals surface area contributed by atoms with Crippen molar-refractivity contribution in [1.82, 2.24) is 4.90 Å². The first-order chi connectivity index (χ1) is 10.0. The maximum Gasteiger partial charge on any atom is 0.334 e. The summed E-state index contributed by atoms with van der Waals surface area (Å²) in [5.41, 5.74) is -0.960. The maximum atomic E-state index is 12.8. The average molecular weight is 295 g/mol. The molecule has 0 radical (unpaired) electrons. The molecule has 21 heavy (non-hydrogen) atoms. The van der Waals surface area contributed by atoms with Crippen LogP contribution in [0.4, 0.5) is 0 Å². The number of hydrogen-bond donors (Lipinski definition) is 0. The lowest BCUT2D eigenvalue weighted by Gasteiger charge is -2.32. The first kappa shape index (κ1) is 16.0. The third kappa shape index (κ3) is 2.27. The Balaban J connectivity index is 2.36. The molecule has 0 aromatic carbocycles. The summed E-state index contributed by atoms with van der Waals surface area (Å²) >= 11 is 0. The number of carbonyl (C=O) groups is 2. The van der Waals surface area contributed by atoms with Crippen LogP contribution in [0.2, 0.25) is 0 Å². The number of ether oxygens (including phenoxy) is 2. The Morgan fingerprint density at radius 2 is 2.33 bits per heavy atom. The number of nitrogens with zero attached hydrogens (tertiary/aromatic N) is 1. The van der Waals surface area contributed by atoms with Crippen LogP contribution in [0.25, 0.3) is 0 Å². The molecule has 0 aromatic heterocycles. The second-order valence-corrected chi connectivity index (χ2v) is 5.95. The molecule has 2 aliphatic heterocycles. The standard InChI is InChI=1S/C16H25NO4/c1-5-7-9-13-17-14(18)12(8-6-2)11(3)16(17,10-21-13)15(19)20-4/h6,11-13H,2,5,7-10H2,1,3-4H3/t11-,12-,13?,16+/m0/s1. The zero-order valence-corrected chi connectivity index (χ0v) is 13.1. The summed E-state index contributed by atoms with van der Waals surface area (Å²) in [7, 11) is 1.37. The van der Waals surface area contributed by atoms with Crippen molar-refractivity contribution in [2.24, 2.45) is 11.8 Å². The first-order valence-electron chi connectivity index (χ1n) is 7.68. The van der Waals surface area contributed by atoms with Crippen molar-refractivity contribution in [3.63, 3.8) is 0 Å². The number of unbranched alkanes of at least 4 members (excludes halogenated alkanes) is 1. The van der Waals surface area contributed by atoms with Gasteiger partial charge < -0.3 is 9.47 Å². The van der Waals surface area contributed by atoms with Crippen LogP contribution >= 0.6 is 0 Å². The summed E-state index contributed by atoms with van der Waals surface area (Å²) in [6.07, 6.45) is 4.76. The molecule has 0 aliphatic carbocycles. The van der Waals surface area contributed by atoms with Crippen molar-refractivity contribution < 1.29 is 19.1 Å². The minimum Gasteiger partial charge on any atom is -0.467 e. The lowest BCUT2D eigenvalue weighted by atomic mass is 9.80. The lowest BCUT2D eigenvalue weighted by molar-refractivity contribution is -0.157. The van der Waals surface area contributed by atoms with Gasteiger partial charge in [0.15, 0.2) is 5.54 Å². The van der Waals surface area contributed by atoms with Gasteiger partial charge in [-0.3, -0.25) is 9.69 Å². The van der Waals surface area contributed by atoms with E-state index in [0.717, 1.165) is 19.3 Å². The van der Waals surface area contributed by atoms with E-state index < -0.39 is 5.54 Å². The zero-order valence-electron chi connectivity index (χ0n) is 13.1. The smallest absolute Gasteiger partial charge is 0.334 e. The fourth-order valence-electron chi connectivity index (χ4n) is 3.63. The quantitative estimate of drug-likeness (QED) is 0.556. The largest absolute Gasteiger partial charge is 0.467 e. The summed E-state index contributed by atoms with van der Waals surface area (Å²) in [5, 5.41) is 0. The predicted octanol–water partition coefficient (Wildman–Crippen LogP) is 2.12. The summed E-state index contributed by atoms with van der Waals surface area (Å²) < 4.78 is 10.8. The topological polar surface area (TPSA) is 55.8 Å². The molecule has 0 saturated carbocycles. The van der Waals surface area contributed by atoms with Crippen LogP contribution in [0, 0.1) is 11.8 Å². The van der Waals surface area contributed by atoms with Crippen molar-refractivity contribution in [3.8, 4) is 0 Å². The Labute approximate surface area is 126 Å². The molecule has 0 bridgehead atoms. The third-order valence-electron chi connectivity index (χ3n) is 4.89. The molecule has 0 N–H and O–H groups in total. The molecule has 118 valence electrons. The Hall–Kier alpha value is -1.36. The average Bonchev–Trinajstić information content (AvgIpc) is 2.96. The molecule has 5 heteroatoms.